The van der Waals surface area contributed by atoms with Crippen molar-refractivity contribution in [2.24, 2.45) is 15.2 Å². The van der Waals surface area contributed by atoms with Crippen molar-refractivity contribution in [1.29, 1.82) is 0 Å². The van der Waals surface area contributed by atoms with Crippen molar-refractivity contribution in [1.82, 2.24) is 10.9 Å². The number of azide groups is 2. The van der Waals surface area contributed by atoms with Gasteiger partial charge in [0, 0.05) is 53.0 Å². The Morgan fingerprint density at radius 1 is 0.885 bits per heavy atom. The number of carbonyl (C=O) groups excluding carboxylic acids is 1. The van der Waals surface area contributed by atoms with Gasteiger partial charge in [-0.15, -0.1) is 0 Å². The van der Waals surface area contributed by atoms with Crippen LogP contribution in [0.3, 0.4) is 0 Å². The summed E-state index contributed by atoms with van der Waals surface area (Å²) >= 11 is 0. The Kier molecular flexibility index (Phi) is 12.9. The standard InChI is InChI=1S/C37H39N9O6/c1-49-31-17-14-29(33(20-31)50-2)24-40-44-36(48)37(21-26-8-3-4-9-27(26)22-41-45-38)34(32-11-6-5-10-28(32)23-42-46-39)52-35(43-37)25-12-15-30(16-13-25)51-19-7-18-47/h3-6,8-17,20,34,40,47H,7,18-19,21-24H2,1-2H3,(H,44,48)/t34-,37-/m0/s1. The molecule has 0 aromatic heterocycles. The third kappa shape index (κ3) is 8.73. The molecule has 15 heteroatoms. The molecule has 4 aromatic rings. The second kappa shape index (κ2) is 18.1. The molecule has 52 heavy (non-hydrogen) atoms. The minimum Gasteiger partial charge on any atom is -0.497 e. The van der Waals surface area contributed by atoms with E-state index in [-0.39, 0.29) is 38.6 Å². The zero-order valence-electron chi connectivity index (χ0n) is 28.8. The average molecular weight is 706 g/mol. The average Bonchev–Trinajstić information content (AvgIpc) is 3.57. The van der Waals surface area contributed by atoms with Gasteiger partial charge in [0.05, 0.1) is 33.9 Å². The minimum atomic E-state index is -1.62. The summed E-state index contributed by atoms with van der Waals surface area (Å²) < 4.78 is 23.3. The monoisotopic (exact) mass is 705 g/mol. The zero-order valence-corrected chi connectivity index (χ0v) is 28.8. The molecule has 1 aliphatic heterocycles. The number of hydrazine groups is 1. The van der Waals surface area contributed by atoms with Crippen molar-refractivity contribution in [3.8, 4) is 17.2 Å². The van der Waals surface area contributed by atoms with Crippen LogP contribution in [-0.2, 0) is 35.6 Å². The number of aliphatic hydroxyl groups excluding tert-OH is 1. The van der Waals surface area contributed by atoms with E-state index in [9.17, 15) is 4.79 Å². The van der Waals surface area contributed by atoms with Crippen LogP contribution in [0.1, 0.15) is 45.9 Å². The highest BCUT2D eigenvalue weighted by Gasteiger charge is 2.54. The summed E-state index contributed by atoms with van der Waals surface area (Å²) in [5.74, 6) is 1.51. The normalized spacial score (nSPS) is 16.1. The fourth-order valence-electron chi connectivity index (χ4n) is 5.91. The molecule has 1 heterocycles. The van der Waals surface area contributed by atoms with E-state index in [0.29, 0.717) is 47.0 Å². The molecule has 0 bridgehead atoms. The number of aliphatic hydroxyl groups is 1. The van der Waals surface area contributed by atoms with Gasteiger partial charge in [-0.2, -0.15) is 0 Å². The lowest BCUT2D eigenvalue weighted by atomic mass is 9.80. The van der Waals surface area contributed by atoms with Gasteiger partial charge in [-0.1, -0.05) is 64.8 Å². The lowest BCUT2D eigenvalue weighted by molar-refractivity contribution is -0.130. The maximum atomic E-state index is 14.8. The Balaban J connectivity index is 1.60. The highest BCUT2D eigenvalue weighted by atomic mass is 16.5. The van der Waals surface area contributed by atoms with Crippen LogP contribution in [0.15, 0.2) is 106 Å². The predicted molar refractivity (Wildman–Crippen MR) is 194 cm³/mol. The van der Waals surface area contributed by atoms with Crippen LogP contribution in [0, 0.1) is 0 Å². The summed E-state index contributed by atoms with van der Waals surface area (Å²) in [6, 6.07) is 27.1. The molecule has 1 amide bonds. The van der Waals surface area contributed by atoms with E-state index in [0.717, 1.165) is 16.7 Å². The number of ether oxygens (including phenoxy) is 4. The van der Waals surface area contributed by atoms with Gasteiger partial charge in [-0.25, -0.2) is 10.4 Å². The number of aliphatic imine (C=N–C) groups is 1. The summed E-state index contributed by atoms with van der Waals surface area (Å²) in [5.41, 5.74) is 26.6. The van der Waals surface area contributed by atoms with Crippen molar-refractivity contribution in [2.45, 2.75) is 44.1 Å². The van der Waals surface area contributed by atoms with E-state index in [4.69, 9.17) is 40.1 Å². The van der Waals surface area contributed by atoms with Crippen LogP contribution in [0.2, 0.25) is 0 Å². The summed E-state index contributed by atoms with van der Waals surface area (Å²) in [7, 11) is 3.12. The highest BCUT2D eigenvalue weighted by Crippen LogP contribution is 2.44. The minimum absolute atomic E-state index is 0.0163. The maximum absolute atomic E-state index is 14.8. The number of hydrogen-bond donors (Lipinski definition) is 3. The molecule has 5 rings (SSSR count). The predicted octanol–water partition coefficient (Wildman–Crippen LogP) is 6.41. The third-order valence-electron chi connectivity index (χ3n) is 8.53. The number of nitrogens with zero attached hydrogens (tertiary/aromatic N) is 7. The van der Waals surface area contributed by atoms with E-state index >= 15 is 0 Å². The maximum Gasteiger partial charge on any atom is 0.266 e. The van der Waals surface area contributed by atoms with Crippen molar-refractivity contribution in [2.75, 3.05) is 27.4 Å². The summed E-state index contributed by atoms with van der Waals surface area (Å²) in [5, 5.41) is 16.7. The van der Waals surface area contributed by atoms with Crippen LogP contribution in [0.4, 0.5) is 0 Å². The molecule has 0 saturated carbocycles. The molecule has 0 fully saturated rings. The van der Waals surface area contributed by atoms with E-state index in [1.165, 1.54) is 0 Å². The molecule has 0 radical (unpaired) electrons. The van der Waals surface area contributed by atoms with Crippen molar-refractivity contribution in [3.05, 3.63) is 145 Å². The zero-order chi connectivity index (χ0) is 36.8. The first kappa shape index (κ1) is 37.0. The van der Waals surface area contributed by atoms with Crippen LogP contribution in [0.25, 0.3) is 20.9 Å². The lowest BCUT2D eigenvalue weighted by Gasteiger charge is -2.32. The van der Waals surface area contributed by atoms with Crippen LogP contribution < -0.4 is 25.1 Å². The van der Waals surface area contributed by atoms with Crippen molar-refractivity contribution < 1.29 is 28.8 Å². The molecule has 15 nitrogen and oxygen atoms in total. The molecule has 2 atom stereocenters. The van der Waals surface area contributed by atoms with Crippen LogP contribution in [-0.4, -0.2) is 49.9 Å². The van der Waals surface area contributed by atoms with Crippen LogP contribution >= 0.6 is 0 Å². The van der Waals surface area contributed by atoms with Gasteiger partial charge in [-0.3, -0.25) is 10.2 Å². The van der Waals surface area contributed by atoms with Gasteiger partial charge in [0.25, 0.3) is 5.91 Å². The second-order valence-electron chi connectivity index (χ2n) is 11.7. The molecule has 268 valence electrons. The number of carbonyl (C=O) groups is 1. The van der Waals surface area contributed by atoms with E-state index in [1.807, 2.05) is 54.6 Å². The van der Waals surface area contributed by atoms with Gasteiger partial charge in [0.1, 0.15) is 17.2 Å². The largest absolute Gasteiger partial charge is 0.497 e. The van der Waals surface area contributed by atoms with Crippen molar-refractivity contribution in [3.63, 3.8) is 0 Å². The Morgan fingerprint density at radius 2 is 1.56 bits per heavy atom. The highest BCUT2D eigenvalue weighted by molar-refractivity contribution is 6.01. The Morgan fingerprint density at radius 3 is 2.25 bits per heavy atom. The SMILES string of the molecule is COc1ccc(CNNC(=O)[C@@]2(Cc3ccccc3CN=[N+]=[N-])N=C(c3ccc(OCCCO)cc3)O[C@H]2c2ccccc2CN=[N+]=[N-])c(OC)c1. The first-order valence-electron chi connectivity index (χ1n) is 16.5. The van der Waals surface area contributed by atoms with Crippen LogP contribution in [0.5, 0.6) is 17.2 Å². The Bertz CT molecular complexity index is 1980. The molecular formula is C37H39N9O6. The molecule has 3 N–H and O–H groups in total. The fourth-order valence-corrected chi connectivity index (χ4v) is 5.91. The van der Waals surface area contributed by atoms with E-state index in [2.05, 4.69) is 30.9 Å². The molecule has 0 spiro atoms. The number of amides is 1. The van der Waals surface area contributed by atoms with Gasteiger partial charge >= 0.3 is 0 Å². The molecule has 1 aliphatic rings. The molecular weight excluding hydrogens is 666 g/mol. The first-order chi connectivity index (χ1) is 25.5. The summed E-state index contributed by atoms with van der Waals surface area (Å²) in [6.45, 7) is 0.653. The van der Waals surface area contributed by atoms with E-state index < -0.39 is 17.6 Å². The molecule has 4 aromatic carbocycles. The van der Waals surface area contributed by atoms with Gasteiger partial charge in [-0.05, 0) is 63.6 Å². The quantitative estimate of drug-likeness (QED) is 0.0348. The van der Waals surface area contributed by atoms with Gasteiger partial charge < -0.3 is 24.1 Å². The summed E-state index contributed by atoms with van der Waals surface area (Å²) in [4.78, 5) is 25.8. The first-order valence-corrected chi connectivity index (χ1v) is 16.5. The molecule has 0 saturated heterocycles. The number of benzene rings is 4. The Hall–Kier alpha value is -6.24. The summed E-state index contributed by atoms with van der Waals surface area (Å²) in [6.07, 6.45) is -0.444. The number of hydrogen-bond acceptors (Lipinski definition) is 10. The topological polar surface area (TPSA) is 208 Å². The van der Waals surface area contributed by atoms with Gasteiger partial charge in [0.2, 0.25) is 5.90 Å². The third-order valence-corrected chi connectivity index (χ3v) is 8.53. The number of rotatable bonds is 18. The van der Waals surface area contributed by atoms with E-state index in [1.54, 1.807) is 50.6 Å². The second-order valence-corrected chi connectivity index (χ2v) is 11.7. The Labute approximate surface area is 300 Å². The number of nitrogens with one attached hydrogen (secondary N) is 2. The molecule has 0 unspecified atom stereocenters. The van der Waals surface area contributed by atoms with Gasteiger partial charge in [0.15, 0.2) is 11.6 Å². The molecule has 0 aliphatic carbocycles. The smallest absolute Gasteiger partial charge is 0.266 e. The number of methoxy groups -OCH3 is 2. The fraction of sp³-hybridized carbons (Fsp3) is 0.297. The lowest BCUT2D eigenvalue weighted by Crippen LogP contribution is -2.54. The van der Waals surface area contributed by atoms with Crippen molar-refractivity contribution >= 4 is 11.8 Å².